The van der Waals surface area contributed by atoms with Crippen LogP contribution in [-0.2, 0) is 0 Å². The normalized spacial score (nSPS) is 37.6. The van der Waals surface area contributed by atoms with Crippen molar-refractivity contribution in [2.75, 3.05) is 13.1 Å². The summed E-state index contributed by atoms with van der Waals surface area (Å²) in [5, 5.41) is 3.50. The lowest BCUT2D eigenvalue weighted by Crippen LogP contribution is -2.20. The molecule has 2 rings (SSSR count). The van der Waals surface area contributed by atoms with Crippen LogP contribution in [0, 0.1) is 11.3 Å². The van der Waals surface area contributed by atoms with Crippen molar-refractivity contribution >= 4 is 0 Å². The quantitative estimate of drug-likeness (QED) is 0.658. The van der Waals surface area contributed by atoms with E-state index < -0.39 is 0 Å². The van der Waals surface area contributed by atoms with Gasteiger partial charge in [0.2, 0.25) is 0 Å². The second-order valence-electron chi connectivity index (χ2n) is 4.44. The molecule has 1 aliphatic carbocycles. The van der Waals surface area contributed by atoms with Crippen LogP contribution in [0.2, 0.25) is 0 Å². The Labute approximate surface area is 83.3 Å². The Hall–Kier alpha value is -0.0400. The van der Waals surface area contributed by atoms with Gasteiger partial charge in [0.05, 0.1) is 0 Å². The van der Waals surface area contributed by atoms with Gasteiger partial charge < -0.3 is 5.32 Å². The van der Waals surface area contributed by atoms with Crippen LogP contribution < -0.4 is 5.32 Å². The zero-order valence-electron chi connectivity index (χ0n) is 9.53. The molecule has 0 radical (unpaired) electrons. The molecular formula is C12H25N. The molecule has 13 heavy (non-hydrogen) atoms. The fraction of sp³-hybridized carbons (Fsp3) is 1.00. The Balaban J connectivity index is 0.000000396. The topological polar surface area (TPSA) is 12.0 Å². The fourth-order valence-electron chi connectivity index (χ4n) is 2.86. The highest BCUT2D eigenvalue weighted by molar-refractivity contribution is 4.94. The highest BCUT2D eigenvalue weighted by Crippen LogP contribution is 2.46. The van der Waals surface area contributed by atoms with Crippen molar-refractivity contribution in [1.82, 2.24) is 5.32 Å². The van der Waals surface area contributed by atoms with Gasteiger partial charge >= 0.3 is 0 Å². The van der Waals surface area contributed by atoms with Gasteiger partial charge in [-0.25, -0.2) is 0 Å². The lowest BCUT2D eigenvalue weighted by molar-refractivity contribution is 0.317. The van der Waals surface area contributed by atoms with E-state index in [-0.39, 0.29) is 0 Å². The van der Waals surface area contributed by atoms with Gasteiger partial charge in [-0.1, -0.05) is 27.2 Å². The summed E-state index contributed by atoms with van der Waals surface area (Å²) in [4.78, 5) is 0. The summed E-state index contributed by atoms with van der Waals surface area (Å²) in [5.41, 5.74) is 0.751. The van der Waals surface area contributed by atoms with E-state index in [1.165, 1.54) is 45.2 Å². The van der Waals surface area contributed by atoms with Gasteiger partial charge in [0.25, 0.3) is 0 Å². The maximum atomic E-state index is 3.50. The molecule has 2 fully saturated rings. The second-order valence-corrected chi connectivity index (χ2v) is 4.44. The SMILES string of the molecule is CC.CCC1CCC2(CCNC2)C1. The first-order valence-corrected chi connectivity index (χ1v) is 6.05. The zero-order chi connectivity index (χ0) is 9.73. The van der Waals surface area contributed by atoms with Crippen LogP contribution in [-0.4, -0.2) is 13.1 Å². The first kappa shape index (κ1) is 11.0. The van der Waals surface area contributed by atoms with Crippen LogP contribution in [0.5, 0.6) is 0 Å². The molecule has 78 valence electrons. The molecule has 0 aromatic rings. The molecule has 0 bridgehead atoms. The highest BCUT2D eigenvalue weighted by Gasteiger charge is 2.40. The van der Waals surface area contributed by atoms with Crippen molar-refractivity contribution in [2.24, 2.45) is 11.3 Å². The van der Waals surface area contributed by atoms with E-state index in [4.69, 9.17) is 0 Å². The van der Waals surface area contributed by atoms with Gasteiger partial charge in [-0.2, -0.15) is 0 Å². The zero-order valence-corrected chi connectivity index (χ0v) is 9.53. The number of hydrogen-bond donors (Lipinski definition) is 1. The molecule has 2 atom stereocenters. The molecular weight excluding hydrogens is 158 g/mol. The summed E-state index contributed by atoms with van der Waals surface area (Å²) in [7, 11) is 0. The molecule has 1 heterocycles. The molecule has 1 spiro atoms. The van der Waals surface area contributed by atoms with Gasteiger partial charge in [-0.15, -0.1) is 0 Å². The average molecular weight is 183 g/mol. The summed E-state index contributed by atoms with van der Waals surface area (Å²) in [6, 6.07) is 0. The van der Waals surface area contributed by atoms with Crippen molar-refractivity contribution in [2.45, 2.75) is 52.9 Å². The minimum absolute atomic E-state index is 0.751. The van der Waals surface area contributed by atoms with Crippen LogP contribution >= 0.6 is 0 Å². The van der Waals surface area contributed by atoms with Crippen molar-refractivity contribution in [1.29, 1.82) is 0 Å². The first-order chi connectivity index (χ1) is 6.35. The predicted molar refractivity (Wildman–Crippen MR) is 58.9 cm³/mol. The van der Waals surface area contributed by atoms with Crippen LogP contribution in [0.1, 0.15) is 52.9 Å². The van der Waals surface area contributed by atoms with Gasteiger partial charge in [0, 0.05) is 6.54 Å². The lowest BCUT2D eigenvalue weighted by Gasteiger charge is -2.21. The predicted octanol–water partition coefficient (Wildman–Crippen LogP) is 3.20. The minimum Gasteiger partial charge on any atom is -0.316 e. The Bertz CT molecular complexity index is 136. The summed E-state index contributed by atoms with van der Waals surface area (Å²) in [6.45, 7) is 8.92. The monoisotopic (exact) mass is 183 g/mol. The third-order valence-electron chi connectivity index (χ3n) is 3.71. The van der Waals surface area contributed by atoms with Crippen LogP contribution in [0.15, 0.2) is 0 Å². The van der Waals surface area contributed by atoms with Gasteiger partial charge in [-0.3, -0.25) is 0 Å². The van der Waals surface area contributed by atoms with Crippen molar-refractivity contribution in [3.05, 3.63) is 0 Å². The highest BCUT2D eigenvalue weighted by atomic mass is 14.9. The van der Waals surface area contributed by atoms with Crippen molar-refractivity contribution in [3.63, 3.8) is 0 Å². The molecule has 2 aliphatic rings. The average Bonchev–Trinajstić information content (AvgIpc) is 2.81. The molecule has 1 aliphatic heterocycles. The van der Waals surface area contributed by atoms with Crippen molar-refractivity contribution in [3.8, 4) is 0 Å². The maximum Gasteiger partial charge on any atom is 0.000839 e. The molecule has 0 amide bonds. The van der Waals surface area contributed by atoms with Crippen molar-refractivity contribution < 1.29 is 0 Å². The molecule has 0 aromatic carbocycles. The van der Waals surface area contributed by atoms with E-state index in [0.717, 1.165) is 11.3 Å². The largest absolute Gasteiger partial charge is 0.316 e. The Morgan fingerprint density at radius 1 is 1.31 bits per heavy atom. The number of nitrogens with one attached hydrogen (secondary N) is 1. The molecule has 1 nitrogen and oxygen atoms in total. The molecule has 2 unspecified atom stereocenters. The van der Waals surface area contributed by atoms with Crippen LogP contribution in [0.3, 0.4) is 0 Å². The third kappa shape index (κ3) is 2.46. The van der Waals surface area contributed by atoms with Crippen LogP contribution in [0.4, 0.5) is 0 Å². The van der Waals surface area contributed by atoms with Gasteiger partial charge in [0.15, 0.2) is 0 Å². The Morgan fingerprint density at radius 2 is 2.08 bits per heavy atom. The van der Waals surface area contributed by atoms with E-state index >= 15 is 0 Å². The van der Waals surface area contributed by atoms with E-state index in [1.807, 2.05) is 13.8 Å². The Kier molecular flexibility index (Phi) is 4.24. The third-order valence-corrected chi connectivity index (χ3v) is 3.71. The first-order valence-electron chi connectivity index (χ1n) is 6.05. The standard InChI is InChI=1S/C10H19N.C2H6/c1-2-9-3-4-10(7-9)5-6-11-8-10;1-2/h9,11H,2-8H2,1H3;1-2H3. The van der Waals surface area contributed by atoms with Crippen LogP contribution in [0.25, 0.3) is 0 Å². The summed E-state index contributed by atoms with van der Waals surface area (Å²) < 4.78 is 0. The lowest BCUT2D eigenvalue weighted by atomic mass is 9.84. The summed E-state index contributed by atoms with van der Waals surface area (Å²) >= 11 is 0. The second kappa shape index (κ2) is 4.99. The minimum atomic E-state index is 0.751. The van der Waals surface area contributed by atoms with Gasteiger partial charge in [0.1, 0.15) is 0 Å². The number of hydrogen-bond acceptors (Lipinski definition) is 1. The van der Waals surface area contributed by atoms with E-state index in [1.54, 1.807) is 0 Å². The fourth-order valence-corrected chi connectivity index (χ4v) is 2.86. The maximum absolute atomic E-state index is 3.50. The van der Waals surface area contributed by atoms with E-state index in [2.05, 4.69) is 12.2 Å². The van der Waals surface area contributed by atoms with E-state index in [0.29, 0.717) is 0 Å². The summed E-state index contributed by atoms with van der Waals surface area (Å²) in [5.74, 6) is 1.05. The van der Waals surface area contributed by atoms with E-state index in [9.17, 15) is 0 Å². The smallest absolute Gasteiger partial charge is 0.000839 e. The Morgan fingerprint density at radius 3 is 2.54 bits per heavy atom. The molecule has 1 N–H and O–H groups in total. The summed E-state index contributed by atoms with van der Waals surface area (Å²) in [6.07, 6.45) is 7.36. The molecule has 1 heteroatoms. The number of rotatable bonds is 1. The van der Waals surface area contributed by atoms with Gasteiger partial charge in [-0.05, 0) is 43.6 Å². The molecule has 1 saturated carbocycles. The molecule has 0 aromatic heterocycles. The molecule has 1 saturated heterocycles.